The number of hydrogen-bond donors (Lipinski definition) is 1. The zero-order valence-corrected chi connectivity index (χ0v) is 23.6. The van der Waals surface area contributed by atoms with Gasteiger partial charge in [-0.25, -0.2) is 0 Å². The molecule has 0 aliphatic heterocycles. The summed E-state index contributed by atoms with van der Waals surface area (Å²) in [7, 11) is 0. The van der Waals surface area contributed by atoms with Crippen LogP contribution in [0.15, 0.2) is 0 Å². The van der Waals surface area contributed by atoms with Gasteiger partial charge in [-0.15, -0.1) is 0 Å². The van der Waals surface area contributed by atoms with Crippen molar-refractivity contribution in [2.45, 2.75) is 174 Å². The van der Waals surface area contributed by atoms with E-state index in [1.54, 1.807) is 0 Å². The van der Waals surface area contributed by atoms with Crippen molar-refractivity contribution in [3.8, 4) is 0 Å². The minimum absolute atomic E-state index is 0.0602. The van der Waals surface area contributed by atoms with Crippen LogP contribution in [0.4, 0.5) is 0 Å². The molecule has 0 saturated heterocycles. The van der Waals surface area contributed by atoms with Crippen molar-refractivity contribution in [1.29, 1.82) is 0 Å². The van der Waals surface area contributed by atoms with Gasteiger partial charge in [0.1, 0.15) is 0 Å². The second-order valence-corrected chi connectivity index (χ2v) is 10.5. The van der Waals surface area contributed by atoms with E-state index in [-0.39, 0.29) is 5.97 Å². The van der Waals surface area contributed by atoms with Crippen LogP contribution in [0, 0.1) is 0 Å². The molecule has 0 fully saturated rings. The molecule has 0 bridgehead atoms. The van der Waals surface area contributed by atoms with Crippen LogP contribution < -0.4 is 5.32 Å². The van der Waals surface area contributed by atoms with Gasteiger partial charge in [0, 0.05) is 6.54 Å². The molecule has 0 unspecified atom stereocenters. The first-order chi connectivity index (χ1) is 16.8. The molecular weight excluding hydrogens is 418 g/mol. The number of nitrogens with one attached hydrogen (secondary N) is 1. The normalized spacial score (nSPS) is 11.2. The van der Waals surface area contributed by atoms with E-state index in [1.165, 1.54) is 141 Å². The van der Waals surface area contributed by atoms with Gasteiger partial charge >= 0.3 is 5.97 Å². The summed E-state index contributed by atoms with van der Waals surface area (Å²) in [5.41, 5.74) is 0. The molecule has 0 aliphatic carbocycles. The molecule has 0 atom stereocenters. The molecule has 0 saturated carbocycles. The molecule has 1 N–H and O–H groups in total. The van der Waals surface area contributed by atoms with E-state index in [4.69, 9.17) is 4.74 Å². The summed E-state index contributed by atoms with van der Waals surface area (Å²) < 4.78 is 5.16. The van der Waals surface area contributed by atoms with E-state index >= 15 is 0 Å². The molecule has 0 heterocycles. The third-order valence-corrected chi connectivity index (χ3v) is 6.97. The summed E-state index contributed by atoms with van der Waals surface area (Å²) in [4.78, 5) is 11.5. The quantitative estimate of drug-likeness (QED) is 0.0853. The van der Waals surface area contributed by atoms with Crippen molar-refractivity contribution < 1.29 is 9.53 Å². The first-order valence-electron chi connectivity index (χ1n) is 15.7. The number of unbranched alkanes of at least 4 members (excludes halogenated alkanes) is 22. The fraction of sp³-hybridized carbons (Fsp3) is 0.968. The van der Waals surface area contributed by atoms with E-state index in [1.807, 2.05) is 0 Å². The number of hydrogen-bond acceptors (Lipinski definition) is 3. The lowest BCUT2D eigenvalue weighted by Gasteiger charge is -2.06. The van der Waals surface area contributed by atoms with Gasteiger partial charge in [0.25, 0.3) is 0 Å². The number of carbonyl (C=O) groups excluding carboxylic acids is 1. The molecule has 0 rings (SSSR count). The van der Waals surface area contributed by atoms with E-state index in [0.717, 1.165) is 25.9 Å². The number of carbonyl (C=O) groups is 1. The molecule has 0 amide bonds. The summed E-state index contributed by atoms with van der Waals surface area (Å²) in [5.74, 6) is -0.0602. The topological polar surface area (TPSA) is 38.3 Å². The van der Waals surface area contributed by atoms with E-state index < -0.39 is 0 Å². The summed E-state index contributed by atoms with van der Waals surface area (Å²) in [6.45, 7) is 6.77. The second-order valence-electron chi connectivity index (χ2n) is 10.5. The van der Waals surface area contributed by atoms with Gasteiger partial charge in [-0.3, -0.25) is 4.79 Å². The molecule has 3 heteroatoms. The van der Waals surface area contributed by atoms with Gasteiger partial charge in [-0.05, 0) is 19.4 Å². The predicted octanol–water partition coefficient (Wildman–Crippen LogP) is 9.91. The predicted molar refractivity (Wildman–Crippen MR) is 151 cm³/mol. The molecule has 34 heavy (non-hydrogen) atoms. The van der Waals surface area contributed by atoms with Crippen LogP contribution in [0.5, 0.6) is 0 Å². The van der Waals surface area contributed by atoms with Crippen LogP contribution in [-0.4, -0.2) is 25.7 Å². The van der Waals surface area contributed by atoms with Crippen LogP contribution in [-0.2, 0) is 9.53 Å². The fourth-order valence-corrected chi connectivity index (χ4v) is 4.58. The van der Waals surface area contributed by atoms with Crippen molar-refractivity contribution in [2.75, 3.05) is 19.7 Å². The standard InChI is InChI=1S/C31H63NO2/c1-3-5-7-8-9-10-11-12-13-14-15-16-17-18-19-20-21-22-23-24-25-26-28-32-29-27-31(33)34-30-6-4-2/h32H,3-30H2,1-2H3. The SMILES string of the molecule is CCCCCCCCCCCCCCCCCCCCCCCCNCCC(=O)OCCCC. The Morgan fingerprint density at radius 1 is 0.471 bits per heavy atom. The average Bonchev–Trinajstić information content (AvgIpc) is 2.84. The third kappa shape index (κ3) is 29.5. The minimum Gasteiger partial charge on any atom is -0.466 e. The lowest BCUT2D eigenvalue weighted by Crippen LogP contribution is -2.20. The highest BCUT2D eigenvalue weighted by Crippen LogP contribution is 2.15. The maximum Gasteiger partial charge on any atom is 0.307 e. The zero-order valence-electron chi connectivity index (χ0n) is 23.6. The monoisotopic (exact) mass is 481 g/mol. The lowest BCUT2D eigenvalue weighted by atomic mass is 10.0. The van der Waals surface area contributed by atoms with E-state index in [9.17, 15) is 4.79 Å². The largest absolute Gasteiger partial charge is 0.466 e. The van der Waals surface area contributed by atoms with Gasteiger partial charge in [-0.2, -0.15) is 0 Å². The Morgan fingerprint density at radius 3 is 1.21 bits per heavy atom. The van der Waals surface area contributed by atoms with Gasteiger partial charge in [0.15, 0.2) is 0 Å². The Balaban J connectivity index is 3.06. The van der Waals surface area contributed by atoms with Crippen molar-refractivity contribution >= 4 is 5.97 Å². The average molecular weight is 482 g/mol. The lowest BCUT2D eigenvalue weighted by molar-refractivity contribution is -0.143. The molecule has 0 aromatic heterocycles. The van der Waals surface area contributed by atoms with Crippen molar-refractivity contribution in [2.24, 2.45) is 0 Å². The molecule has 0 radical (unpaired) electrons. The van der Waals surface area contributed by atoms with Gasteiger partial charge < -0.3 is 10.1 Å². The van der Waals surface area contributed by atoms with Gasteiger partial charge in [0.2, 0.25) is 0 Å². The first-order valence-corrected chi connectivity index (χ1v) is 15.7. The highest BCUT2D eigenvalue weighted by atomic mass is 16.5. The van der Waals surface area contributed by atoms with E-state index in [0.29, 0.717) is 13.0 Å². The molecule has 3 nitrogen and oxygen atoms in total. The zero-order chi connectivity index (χ0) is 24.8. The van der Waals surface area contributed by atoms with Crippen molar-refractivity contribution in [1.82, 2.24) is 5.32 Å². The summed E-state index contributed by atoms with van der Waals surface area (Å²) in [5, 5.41) is 3.37. The Bertz CT molecular complexity index is 386. The molecule has 0 aromatic carbocycles. The highest BCUT2D eigenvalue weighted by Gasteiger charge is 2.01. The smallest absolute Gasteiger partial charge is 0.307 e. The summed E-state index contributed by atoms with van der Waals surface area (Å²) >= 11 is 0. The maximum atomic E-state index is 11.5. The molecule has 204 valence electrons. The number of esters is 1. The molecule has 0 aromatic rings. The van der Waals surface area contributed by atoms with Crippen molar-refractivity contribution in [3.05, 3.63) is 0 Å². The number of ether oxygens (including phenoxy) is 1. The highest BCUT2D eigenvalue weighted by molar-refractivity contribution is 5.69. The van der Waals surface area contributed by atoms with Gasteiger partial charge in [0.05, 0.1) is 13.0 Å². The molecule has 0 aliphatic rings. The fourth-order valence-electron chi connectivity index (χ4n) is 4.58. The minimum atomic E-state index is -0.0602. The molecular formula is C31H63NO2. The van der Waals surface area contributed by atoms with Crippen LogP contribution in [0.1, 0.15) is 174 Å². The third-order valence-electron chi connectivity index (χ3n) is 6.97. The Labute approximate surface area is 215 Å². The van der Waals surface area contributed by atoms with Crippen LogP contribution >= 0.6 is 0 Å². The van der Waals surface area contributed by atoms with Crippen LogP contribution in [0.3, 0.4) is 0 Å². The molecule has 0 spiro atoms. The van der Waals surface area contributed by atoms with Crippen LogP contribution in [0.25, 0.3) is 0 Å². The van der Waals surface area contributed by atoms with Crippen molar-refractivity contribution in [3.63, 3.8) is 0 Å². The number of rotatable bonds is 29. The Kier molecular flexibility index (Phi) is 30.0. The van der Waals surface area contributed by atoms with Gasteiger partial charge in [-0.1, -0.05) is 155 Å². The second kappa shape index (κ2) is 30.5. The van der Waals surface area contributed by atoms with Crippen LogP contribution in [0.2, 0.25) is 0 Å². The first kappa shape index (κ1) is 33.4. The van der Waals surface area contributed by atoms with E-state index in [2.05, 4.69) is 19.2 Å². The summed E-state index contributed by atoms with van der Waals surface area (Å²) in [6.07, 6.45) is 33.9. The Hall–Kier alpha value is -0.570. The maximum absolute atomic E-state index is 11.5. The summed E-state index contributed by atoms with van der Waals surface area (Å²) in [6, 6.07) is 0. The Morgan fingerprint density at radius 2 is 0.824 bits per heavy atom.